The van der Waals surface area contributed by atoms with Gasteiger partial charge in [-0.15, -0.1) is 5.10 Å². The van der Waals surface area contributed by atoms with E-state index >= 15 is 0 Å². The first kappa shape index (κ1) is 21.3. The third-order valence-corrected chi connectivity index (χ3v) is 5.45. The van der Waals surface area contributed by atoms with Crippen LogP contribution in [0.15, 0.2) is 76.2 Å². The van der Waals surface area contributed by atoms with Gasteiger partial charge in [0.15, 0.2) is 5.65 Å². The number of benzene rings is 2. The Morgan fingerprint density at radius 1 is 1.03 bits per heavy atom. The summed E-state index contributed by atoms with van der Waals surface area (Å²) in [7, 11) is 0. The van der Waals surface area contributed by atoms with Crippen molar-refractivity contribution >= 4 is 11.6 Å². The Morgan fingerprint density at radius 3 is 2.65 bits per heavy atom. The van der Waals surface area contributed by atoms with Crippen LogP contribution < -0.4 is 11.0 Å². The van der Waals surface area contributed by atoms with Crippen molar-refractivity contribution in [1.82, 2.24) is 29.6 Å². The zero-order valence-corrected chi connectivity index (χ0v) is 18.7. The molecule has 0 aliphatic rings. The number of hydrogen-bond donors (Lipinski definition) is 1. The maximum atomic E-state index is 12.8. The Morgan fingerprint density at radius 2 is 1.85 bits per heavy atom. The minimum atomic E-state index is -0.430. The number of nitrogens with one attached hydrogen (secondary N) is 1. The first-order valence-electron chi connectivity index (χ1n) is 10.8. The summed E-state index contributed by atoms with van der Waals surface area (Å²) in [6.45, 7) is 4.16. The van der Waals surface area contributed by atoms with Gasteiger partial charge in [0.25, 0.3) is 5.89 Å². The van der Waals surface area contributed by atoms with E-state index in [2.05, 4.69) is 20.6 Å². The third-order valence-electron chi connectivity index (χ3n) is 5.45. The van der Waals surface area contributed by atoms with Crippen LogP contribution in [0.2, 0.25) is 0 Å². The van der Waals surface area contributed by atoms with Gasteiger partial charge in [-0.05, 0) is 37.6 Å². The highest BCUT2D eigenvalue weighted by Gasteiger charge is 2.18. The van der Waals surface area contributed by atoms with Gasteiger partial charge in [0, 0.05) is 18.3 Å². The Labute approximate surface area is 194 Å². The standard InChI is InChI=1S/C25H22N6O3/c1-16-8-10-18(11-9-16)14-26-21(32)15-31-25(33)30-12-4-7-20(23(30)28-31)24-27-22(29-34-24)19-6-3-5-17(2)13-19/h3-13H,14-15H2,1-2H3,(H,26,32). The average molecular weight is 454 g/mol. The van der Waals surface area contributed by atoms with E-state index < -0.39 is 5.69 Å². The molecule has 0 radical (unpaired) electrons. The SMILES string of the molecule is Cc1ccc(CNC(=O)Cn2nc3c(-c4nc(-c5cccc(C)c5)no4)cccn3c2=O)cc1. The highest BCUT2D eigenvalue weighted by atomic mass is 16.5. The smallest absolute Gasteiger partial charge is 0.350 e. The van der Waals surface area contributed by atoms with Gasteiger partial charge in [-0.2, -0.15) is 4.98 Å². The van der Waals surface area contributed by atoms with Crippen LogP contribution in [0.5, 0.6) is 0 Å². The second kappa shape index (κ2) is 8.78. The average Bonchev–Trinajstić information content (AvgIpc) is 3.44. The van der Waals surface area contributed by atoms with Gasteiger partial charge in [-0.25, -0.2) is 13.9 Å². The lowest BCUT2D eigenvalue weighted by atomic mass is 10.1. The molecule has 34 heavy (non-hydrogen) atoms. The van der Waals surface area contributed by atoms with Gasteiger partial charge in [-0.1, -0.05) is 58.7 Å². The van der Waals surface area contributed by atoms with Gasteiger partial charge in [-0.3, -0.25) is 4.79 Å². The number of fused-ring (bicyclic) bond motifs is 1. The molecule has 5 aromatic rings. The number of carbonyl (C=O) groups is 1. The maximum Gasteiger partial charge on any atom is 0.350 e. The molecule has 3 aromatic heterocycles. The fourth-order valence-corrected chi connectivity index (χ4v) is 3.64. The molecule has 1 N–H and O–H groups in total. The zero-order chi connectivity index (χ0) is 23.7. The summed E-state index contributed by atoms with van der Waals surface area (Å²) in [6.07, 6.45) is 1.59. The molecule has 0 aliphatic heterocycles. The molecule has 9 nitrogen and oxygen atoms in total. The molecule has 3 heterocycles. The van der Waals surface area contributed by atoms with Crippen LogP contribution in [-0.2, 0) is 17.9 Å². The lowest BCUT2D eigenvalue weighted by Crippen LogP contribution is -2.32. The Bertz CT molecular complexity index is 1550. The summed E-state index contributed by atoms with van der Waals surface area (Å²) in [5.41, 5.74) is 4.44. The molecule has 0 fully saturated rings. The van der Waals surface area contributed by atoms with Crippen molar-refractivity contribution in [3.63, 3.8) is 0 Å². The van der Waals surface area contributed by atoms with Crippen LogP contribution in [0, 0.1) is 13.8 Å². The van der Waals surface area contributed by atoms with Gasteiger partial charge in [0.1, 0.15) is 6.54 Å². The highest BCUT2D eigenvalue weighted by Crippen LogP contribution is 2.24. The number of aryl methyl sites for hydroxylation is 2. The van der Waals surface area contributed by atoms with Crippen molar-refractivity contribution in [2.24, 2.45) is 0 Å². The minimum Gasteiger partial charge on any atom is -0.350 e. The summed E-state index contributed by atoms with van der Waals surface area (Å²) in [4.78, 5) is 29.8. The Kier molecular flexibility index (Phi) is 5.51. The van der Waals surface area contributed by atoms with Crippen molar-refractivity contribution in [1.29, 1.82) is 0 Å². The van der Waals surface area contributed by atoms with E-state index in [1.807, 2.05) is 62.4 Å². The van der Waals surface area contributed by atoms with E-state index in [1.165, 1.54) is 4.40 Å². The van der Waals surface area contributed by atoms with E-state index in [4.69, 9.17) is 4.52 Å². The van der Waals surface area contributed by atoms with E-state index in [9.17, 15) is 9.59 Å². The van der Waals surface area contributed by atoms with Crippen LogP contribution >= 0.6 is 0 Å². The van der Waals surface area contributed by atoms with E-state index in [-0.39, 0.29) is 18.3 Å². The van der Waals surface area contributed by atoms with Crippen LogP contribution in [0.3, 0.4) is 0 Å². The van der Waals surface area contributed by atoms with Crippen LogP contribution in [-0.4, -0.2) is 30.2 Å². The number of hydrogen-bond acceptors (Lipinski definition) is 6. The monoisotopic (exact) mass is 454 g/mol. The fourth-order valence-electron chi connectivity index (χ4n) is 3.64. The molecule has 0 aliphatic carbocycles. The first-order chi connectivity index (χ1) is 16.5. The maximum absolute atomic E-state index is 12.8. The Hall–Kier alpha value is -4.53. The summed E-state index contributed by atoms with van der Waals surface area (Å²) < 4.78 is 7.96. The summed E-state index contributed by atoms with van der Waals surface area (Å²) in [5.74, 6) is 0.369. The van der Waals surface area contributed by atoms with Crippen LogP contribution in [0.25, 0.3) is 28.5 Å². The summed E-state index contributed by atoms with van der Waals surface area (Å²) in [6, 6.07) is 19.1. The third kappa shape index (κ3) is 4.23. The van der Waals surface area contributed by atoms with Gasteiger partial charge in [0.2, 0.25) is 11.7 Å². The van der Waals surface area contributed by atoms with Crippen molar-refractivity contribution in [3.05, 3.63) is 94.0 Å². The summed E-state index contributed by atoms with van der Waals surface area (Å²) in [5, 5.41) is 11.3. The fraction of sp³-hybridized carbons (Fsp3) is 0.160. The lowest BCUT2D eigenvalue weighted by molar-refractivity contribution is -0.122. The zero-order valence-electron chi connectivity index (χ0n) is 18.7. The van der Waals surface area contributed by atoms with Crippen molar-refractivity contribution in [2.45, 2.75) is 26.9 Å². The van der Waals surface area contributed by atoms with Gasteiger partial charge >= 0.3 is 5.69 Å². The molecule has 0 bridgehead atoms. The molecule has 5 rings (SSSR count). The molecule has 0 saturated carbocycles. The molecular weight excluding hydrogens is 432 g/mol. The minimum absolute atomic E-state index is 0.204. The number of nitrogens with zero attached hydrogens (tertiary/aromatic N) is 5. The Balaban J connectivity index is 1.39. The van der Waals surface area contributed by atoms with Crippen LogP contribution in [0.1, 0.15) is 16.7 Å². The normalized spacial score (nSPS) is 11.1. The predicted molar refractivity (Wildman–Crippen MR) is 126 cm³/mol. The van der Waals surface area contributed by atoms with E-state index in [1.54, 1.807) is 18.3 Å². The quantitative estimate of drug-likeness (QED) is 0.422. The highest BCUT2D eigenvalue weighted by molar-refractivity contribution is 5.76. The van der Waals surface area contributed by atoms with E-state index in [0.717, 1.165) is 26.9 Å². The molecule has 1 amide bonds. The molecule has 0 unspecified atom stereocenters. The lowest BCUT2D eigenvalue weighted by Gasteiger charge is -2.05. The number of carbonyl (C=O) groups excluding carboxylic acids is 1. The molecular formula is C25H22N6O3. The second-order valence-electron chi connectivity index (χ2n) is 8.11. The number of pyridine rings is 1. The predicted octanol–water partition coefficient (Wildman–Crippen LogP) is 3.15. The molecule has 0 atom stereocenters. The molecule has 170 valence electrons. The van der Waals surface area contributed by atoms with Crippen molar-refractivity contribution < 1.29 is 9.32 Å². The number of amides is 1. The molecule has 2 aromatic carbocycles. The van der Waals surface area contributed by atoms with Gasteiger partial charge < -0.3 is 9.84 Å². The first-order valence-corrected chi connectivity index (χ1v) is 10.8. The molecule has 0 spiro atoms. The molecule has 0 saturated heterocycles. The second-order valence-corrected chi connectivity index (χ2v) is 8.11. The number of rotatable bonds is 6. The van der Waals surface area contributed by atoms with Crippen LogP contribution in [0.4, 0.5) is 0 Å². The van der Waals surface area contributed by atoms with Gasteiger partial charge in [0.05, 0.1) is 5.56 Å². The van der Waals surface area contributed by atoms with Crippen molar-refractivity contribution in [3.8, 4) is 22.8 Å². The van der Waals surface area contributed by atoms with Crippen molar-refractivity contribution in [2.75, 3.05) is 0 Å². The molecule has 9 heteroatoms. The van der Waals surface area contributed by atoms with E-state index in [0.29, 0.717) is 23.6 Å². The largest absolute Gasteiger partial charge is 0.350 e. The topological polar surface area (TPSA) is 107 Å². The number of aromatic nitrogens is 5. The summed E-state index contributed by atoms with van der Waals surface area (Å²) >= 11 is 0.